The van der Waals surface area contributed by atoms with Crippen LogP contribution in [-0.2, 0) is 17.6 Å². The van der Waals surface area contributed by atoms with Crippen LogP contribution >= 0.6 is 11.6 Å². The van der Waals surface area contributed by atoms with Gasteiger partial charge in [-0.05, 0) is 66.9 Å². The number of rotatable bonds is 8. The molecule has 0 spiro atoms. The van der Waals surface area contributed by atoms with Gasteiger partial charge in [-0.15, -0.1) is 0 Å². The number of amides is 1. The first kappa shape index (κ1) is 21.7. The van der Waals surface area contributed by atoms with Gasteiger partial charge in [0.1, 0.15) is 0 Å². The van der Waals surface area contributed by atoms with Crippen molar-refractivity contribution in [1.29, 1.82) is 0 Å². The maximum absolute atomic E-state index is 12.7. The van der Waals surface area contributed by atoms with Crippen LogP contribution in [-0.4, -0.2) is 22.0 Å². The Morgan fingerprint density at radius 2 is 1.75 bits per heavy atom. The molecule has 0 unspecified atom stereocenters. The van der Waals surface area contributed by atoms with E-state index in [1.165, 1.54) is 5.56 Å². The second kappa shape index (κ2) is 10.2. The molecule has 5 nitrogen and oxygen atoms in total. The van der Waals surface area contributed by atoms with Gasteiger partial charge in [0.2, 0.25) is 5.91 Å². The molecule has 0 fully saturated rings. The van der Waals surface area contributed by atoms with Crippen LogP contribution in [0.5, 0.6) is 0 Å². The average molecular weight is 445 g/mol. The normalized spacial score (nSPS) is 10.7. The second-order valence-corrected chi connectivity index (χ2v) is 8.09. The summed E-state index contributed by atoms with van der Waals surface area (Å²) in [5.41, 5.74) is 5.88. The van der Waals surface area contributed by atoms with Crippen LogP contribution < -0.4 is 10.6 Å². The molecule has 3 aromatic carbocycles. The van der Waals surface area contributed by atoms with E-state index in [9.17, 15) is 4.79 Å². The summed E-state index contributed by atoms with van der Waals surface area (Å²) in [5.74, 6) is -0.0526. The van der Waals surface area contributed by atoms with Crippen molar-refractivity contribution in [2.75, 3.05) is 17.2 Å². The fourth-order valence-electron chi connectivity index (χ4n) is 3.50. The summed E-state index contributed by atoms with van der Waals surface area (Å²) in [7, 11) is 0. The quantitative estimate of drug-likeness (QED) is 0.368. The summed E-state index contributed by atoms with van der Waals surface area (Å²) in [5, 5.41) is 7.18. The molecule has 0 saturated heterocycles. The molecule has 162 valence electrons. The van der Waals surface area contributed by atoms with Gasteiger partial charge < -0.3 is 15.2 Å². The van der Waals surface area contributed by atoms with Gasteiger partial charge in [-0.2, -0.15) is 0 Å². The summed E-state index contributed by atoms with van der Waals surface area (Å²) in [6.45, 7) is 2.73. The number of aryl methyl sites for hydroxylation is 1. The standard InChI is InChI=1S/C26H25ClN4O/c1-19-17-31(18-29-19)24-12-10-23(11-13-24)30-26(32)16-21-4-2-3-5-25(21)28-15-14-20-6-8-22(27)9-7-20/h2-13,17-18,28H,14-16H2,1H3,(H,30,32). The lowest BCUT2D eigenvalue weighted by molar-refractivity contribution is -0.115. The summed E-state index contributed by atoms with van der Waals surface area (Å²) in [4.78, 5) is 16.9. The minimum atomic E-state index is -0.0526. The smallest absolute Gasteiger partial charge is 0.228 e. The SMILES string of the molecule is Cc1cn(-c2ccc(NC(=O)Cc3ccccc3NCCc3ccc(Cl)cc3)cc2)cn1. The number of halogens is 1. The zero-order valence-electron chi connectivity index (χ0n) is 17.9. The zero-order chi connectivity index (χ0) is 22.3. The summed E-state index contributed by atoms with van der Waals surface area (Å²) >= 11 is 5.95. The lowest BCUT2D eigenvalue weighted by Gasteiger charge is -2.13. The highest BCUT2D eigenvalue weighted by atomic mass is 35.5. The van der Waals surface area contributed by atoms with Gasteiger partial charge in [0.05, 0.1) is 18.4 Å². The van der Waals surface area contributed by atoms with E-state index in [2.05, 4.69) is 15.6 Å². The van der Waals surface area contributed by atoms with Crippen LogP contribution in [0.15, 0.2) is 85.3 Å². The molecule has 4 rings (SSSR count). The third-order valence-corrected chi connectivity index (χ3v) is 5.42. The van der Waals surface area contributed by atoms with Crippen LogP contribution in [0.25, 0.3) is 5.69 Å². The molecule has 0 radical (unpaired) electrons. The first-order chi connectivity index (χ1) is 15.6. The minimum absolute atomic E-state index is 0.0526. The fourth-order valence-corrected chi connectivity index (χ4v) is 3.62. The lowest BCUT2D eigenvalue weighted by Crippen LogP contribution is -2.16. The van der Waals surface area contributed by atoms with Crippen LogP contribution in [0.1, 0.15) is 16.8 Å². The Kier molecular flexibility index (Phi) is 6.87. The van der Waals surface area contributed by atoms with E-state index in [0.717, 1.165) is 46.3 Å². The van der Waals surface area contributed by atoms with E-state index < -0.39 is 0 Å². The number of hydrogen-bond acceptors (Lipinski definition) is 3. The van der Waals surface area contributed by atoms with Gasteiger partial charge in [-0.3, -0.25) is 4.79 Å². The van der Waals surface area contributed by atoms with Crippen molar-refractivity contribution >= 4 is 28.9 Å². The Bertz CT molecular complexity index is 1180. The molecule has 1 heterocycles. The highest BCUT2D eigenvalue weighted by Crippen LogP contribution is 2.18. The van der Waals surface area contributed by atoms with E-state index in [-0.39, 0.29) is 5.91 Å². The third kappa shape index (κ3) is 5.77. The number of nitrogens with zero attached hydrogens (tertiary/aromatic N) is 2. The zero-order valence-corrected chi connectivity index (χ0v) is 18.6. The van der Waals surface area contributed by atoms with E-state index in [0.29, 0.717) is 6.42 Å². The monoisotopic (exact) mass is 444 g/mol. The van der Waals surface area contributed by atoms with Crippen LogP contribution in [0.3, 0.4) is 0 Å². The maximum atomic E-state index is 12.7. The van der Waals surface area contributed by atoms with Gasteiger partial charge in [-0.25, -0.2) is 4.98 Å². The number of aromatic nitrogens is 2. The number of benzene rings is 3. The molecule has 6 heteroatoms. The Morgan fingerprint density at radius 3 is 2.47 bits per heavy atom. The molecule has 0 atom stereocenters. The fraction of sp³-hybridized carbons (Fsp3) is 0.154. The number of hydrogen-bond donors (Lipinski definition) is 2. The second-order valence-electron chi connectivity index (χ2n) is 7.65. The van der Waals surface area contributed by atoms with E-state index in [4.69, 9.17) is 11.6 Å². The van der Waals surface area contributed by atoms with E-state index >= 15 is 0 Å². The maximum Gasteiger partial charge on any atom is 0.228 e. The largest absolute Gasteiger partial charge is 0.384 e. The van der Waals surface area contributed by atoms with Crippen molar-refractivity contribution in [2.24, 2.45) is 0 Å². The van der Waals surface area contributed by atoms with Crippen molar-refractivity contribution in [2.45, 2.75) is 19.8 Å². The van der Waals surface area contributed by atoms with Crippen molar-refractivity contribution in [1.82, 2.24) is 9.55 Å². The number of nitrogens with one attached hydrogen (secondary N) is 2. The lowest BCUT2D eigenvalue weighted by atomic mass is 10.1. The Labute approximate surface area is 193 Å². The number of carbonyl (C=O) groups excluding carboxylic acids is 1. The predicted molar refractivity (Wildman–Crippen MR) is 131 cm³/mol. The summed E-state index contributed by atoms with van der Waals surface area (Å²) < 4.78 is 1.95. The van der Waals surface area contributed by atoms with E-state index in [1.54, 1.807) is 6.33 Å². The van der Waals surface area contributed by atoms with Gasteiger partial charge in [0.15, 0.2) is 0 Å². The van der Waals surface area contributed by atoms with Gasteiger partial charge in [-0.1, -0.05) is 41.9 Å². The van der Waals surface area contributed by atoms with Gasteiger partial charge >= 0.3 is 0 Å². The number of carbonyl (C=O) groups is 1. The molecule has 1 amide bonds. The number of anilines is 2. The van der Waals surface area contributed by atoms with Crippen molar-refractivity contribution in [3.05, 3.63) is 107 Å². The average Bonchev–Trinajstić information content (AvgIpc) is 3.23. The Morgan fingerprint density at radius 1 is 1.00 bits per heavy atom. The molecule has 0 aliphatic rings. The van der Waals surface area contributed by atoms with Gasteiger partial charge in [0, 0.05) is 34.8 Å². The highest BCUT2D eigenvalue weighted by Gasteiger charge is 2.09. The van der Waals surface area contributed by atoms with E-state index in [1.807, 2.05) is 90.5 Å². The first-order valence-electron chi connectivity index (χ1n) is 10.5. The van der Waals surface area contributed by atoms with Gasteiger partial charge in [0.25, 0.3) is 0 Å². The molecule has 32 heavy (non-hydrogen) atoms. The minimum Gasteiger partial charge on any atom is -0.384 e. The van der Waals surface area contributed by atoms with Crippen molar-refractivity contribution in [3.8, 4) is 5.69 Å². The molecule has 4 aromatic rings. The summed E-state index contributed by atoms with van der Waals surface area (Å²) in [6.07, 6.45) is 4.91. The van der Waals surface area contributed by atoms with Crippen molar-refractivity contribution in [3.63, 3.8) is 0 Å². The molecule has 0 saturated carbocycles. The highest BCUT2D eigenvalue weighted by molar-refractivity contribution is 6.30. The topological polar surface area (TPSA) is 59.0 Å². The molecule has 1 aromatic heterocycles. The van der Waals surface area contributed by atoms with Crippen molar-refractivity contribution < 1.29 is 4.79 Å². The molecular weight excluding hydrogens is 420 g/mol. The number of para-hydroxylation sites is 1. The van der Waals surface area contributed by atoms with Crippen LogP contribution in [0.2, 0.25) is 5.02 Å². The summed E-state index contributed by atoms with van der Waals surface area (Å²) in [6, 6.07) is 23.5. The van der Waals surface area contributed by atoms with Crippen LogP contribution in [0, 0.1) is 6.92 Å². The number of imidazole rings is 1. The molecular formula is C26H25ClN4O. The first-order valence-corrected chi connectivity index (χ1v) is 10.9. The molecule has 2 N–H and O–H groups in total. The Balaban J connectivity index is 1.33. The third-order valence-electron chi connectivity index (χ3n) is 5.17. The molecule has 0 aliphatic heterocycles. The molecule has 0 aliphatic carbocycles. The predicted octanol–water partition coefficient (Wildman–Crippen LogP) is 5.67. The van der Waals surface area contributed by atoms with Crippen LogP contribution in [0.4, 0.5) is 11.4 Å². The molecule has 0 bridgehead atoms. The Hall–Kier alpha value is -3.57.